The number of nitrogens with zero attached hydrogens (tertiary/aromatic N) is 1. The summed E-state index contributed by atoms with van der Waals surface area (Å²) in [6.07, 6.45) is -1.11. The zero-order valence-electron chi connectivity index (χ0n) is 13.8. The fourth-order valence-corrected chi connectivity index (χ4v) is 3.08. The Morgan fingerprint density at radius 3 is 2.57 bits per heavy atom. The first-order chi connectivity index (χ1) is 10.8. The van der Waals surface area contributed by atoms with E-state index in [-0.39, 0.29) is 11.9 Å². The first kappa shape index (κ1) is 17.4. The molecule has 1 aromatic carbocycles. The number of carbonyl (C=O) groups excluding carboxylic acids is 2. The van der Waals surface area contributed by atoms with Crippen LogP contribution in [0.2, 0.25) is 5.02 Å². The molecule has 1 saturated heterocycles. The van der Waals surface area contributed by atoms with Gasteiger partial charge in [0.15, 0.2) is 0 Å². The van der Waals surface area contributed by atoms with Gasteiger partial charge in [-0.05, 0) is 31.5 Å². The molecule has 1 aliphatic rings. The largest absolute Gasteiger partial charge is 0.496 e. The standard InChI is InChI=1S/C16H21ClN2O4/c1-8-6-10(17)7-11(22-5)12(8)13-14(9(2)18-15(13)20)23-16(21)19(3)4/h6-7,9,13-14H,1-5H3,(H,18,20). The SMILES string of the molecule is COc1cc(Cl)cc(C)c1C1C(=O)NC(C)C1OC(=O)N(C)C. The van der Waals surface area contributed by atoms with Crippen molar-refractivity contribution in [3.05, 3.63) is 28.3 Å². The van der Waals surface area contributed by atoms with Crippen LogP contribution in [0.4, 0.5) is 4.79 Å². The molecular formula is C16H21ClN2O4. The summed E-state index contributed by atoms with van der Waals surface area (Å²) < 4.78 is 10.9. The Balaban J connectivity index is 2.46. The maximum Gasteiger partial charge on any atom is 0.409 e. The zero-order chi connectivity index (χ0) is 17.3. The van der Waals surface area contributed by atoms with Gasteiger partial charge >= 0.3 is 6.09 Å². The van der Waals surface area contributed by atoms with Gasteiger partial charge in [-0.15, -0.1) is 0 Å². The van der Waals surface area contributed by atoms with Crippen LogP contribution in [-0.4, -0.2) is 50.3 Å². The predicted octanol–water partition coefficient (Wildman–Crippen LogP) is 2.33. The first-order valence-electron chi connectivity index (χ1n) is 7.28. The third-order valence-electron chi connectivity index (χ3n) is 3.92. The van der Waals surface area contributed by atoms with Gasteiger partial charge in [-0.3, -0.25) is 4.79 Å². The number of amides is 2. The third-order valence-corrected chi connectivity index (χ3v) is 4.14. The quantitative estimate of drug-likeness (QED) is 0.917. The molecule has 2 amide bonds. The fourth-order valence-electron chi connectivity index (χ4n) is 2.81. The van der Waals surface area contributed by atoms with Crippen molar-refractivity contribution in [2.75, 3.05) is 21.2 Å². The van der Waals surface area contributed by atoms with Crippen molar-refractivity contribution >= 4 is 23.6 Å². The van der Waals surface area contributed by atoms with E-state index in [1.807, 2.05) is 13.8 Å². The molecule has 3 atom stereocenters. The predicted molar refractivity (Wildman–Crippen MR) is 87.0 cm³/mol. The fraction of sp³-hybridized carbons (Fsp3) is 0.500. The highest BCUT2D eigenvalue weighted by Gasteiger charge is 2.45. The van der Waals surface area contributed by atoms with Crippen LogP contribution in [0.3, 0.4) is 0 Å². The summed E-state index contributed by atoms with van der Waals surface area (Å²) >= 11 is 6.06. The van der Waals surface area contributed by atoms with Gasteiger partial charge in [0.2, 0.25) is 5.91 Å². The molecule has 0 saturated carbocycles. The Labute approximate surface area is 140 Å². The minimum atomic E-state index is -0.638. The lowest BCUT2D eigenvalue weighted by atomic mass is 9.89. The van der Waals surface area contributed by atoms with Crippen molar-refractivity contribution < 1.29 is 19.1 Å². The minimum Gasteiger partial charge on any atom is -0.496 e. The van der Waals surface area contributed by atoms with Gasteiger partial charge in [0.05, 0.1) is 13.2 Å². The highest BCUT2D eigenvalue weighted by molar-refractivity contribution is 6.30. The molecule has 0 bridgehead atoms. The Morgan fingerprint density at radius 2 is 2.00 bits per heavy atom. The minimum absolute atomic E-state index is 0.197. The van der Waals surface area contributed by atoms with Gasteiger partial charge < -0.3 is 19.7 Å². The van der Waals surface area contributed by atoms with Crippen molar-refractivity contribution in [1.29, 1.82) is 0 Å². The van der Waals surface area contributed by atoms with Crippen LogP contribution in [0.25, 0.3) is 0 Å². The lowest BCUT2D eigenvalue weighted by molar-refractivity contribution is -0.121. The maximum absolute atomic E-state index is 12.4. The number of methoxy groups -OCH3 is 1. The summed E-state index contributed by atoms with van der Waals surface area (Å²) in [5.41, 5.74) is 1.50. The molecular weight excluding hydrogens is 320 g/mol. The van der Waals surface area contributed by atoms with Gasteiger partial charge in [-0.2, -0.15) is 0 Å². The molecule has 0 aromatic heterocycles. The second-order valence-corrected chi connectivity index (χ2v) is 6.29. The molecule has 1 aliphatic heterocycles. The van der Waals surface area contributed by atoms with Gasteiger partial charge in [0.25, 0.3) is 0 Å². The average molecular weight is 341 g/mol. The summed E-state index contributed by atoms with van der Waals surface area (Å²) in [7, 11) is 4.71. The molecule has 23 heavy (non-hydrogen) atoms. The number of benzene rings is 1. The smallest absolute Gasteiger partial charge is 0.409 e. The number of halogens is 1. The van der Waals surface area contributed by atoms with Crippen LogP contribution in [0.1, 0.15) is 24.0 Å². The van der Waals surface area contributed by atoms with E-state index in [1.165, 1.54) is 12.0 Å². The molecule has 3 unspecified atom stereocenters. The molecule has 2 rings (SSSR count). The van der Waals surface area contributed by atoms with Crippen LogP contribution in [0, 0.1) is 6.92 Å². The van der Waals surface area contributed by atoms with Crippen molar-refractivity contribution in [2.24, 2.45) is 0 Å². The average Bonchev–Trinajstić information content (AvgIpc) is 2.72. The Bertz CT molecular complexity index is 633. The van der Waals surface area contributed by atoms with E-state index in [2.05, 4.69) is 5.32 Å². The lowest BCUT2D eigenvalue weighted by Gasteiger charge is -2.25. The molecule has 126 valence electrons. The summed E-state index contributed by atoms with van der Waals surface area (Å²) in [5, 5.41) is 3.35. The van der Waals surface area contributed by atoms with Gasteiger partial charge in [0.1, 0.15) is 17.8 Å². The summed E-state index contributed by atoms with van der Waals surface area (Å²) in [6, 6.07) is 3.13. The number of rotatable bonds is 3. The summed E-state index contributed by atoms with van der Waals surface area (Å²) in [5.74, 6) is -0.325. The van der Waals surface area contributed by atoms with E-state index in [9.17, 15) is 9.59 Å². The monoisotopic (exact) mass is 340 g/mol. The Hall–Kier alpha value is -1.95. The number of nitrogens with one attached hydrogen (secondary N) is 1. The highest BCUT2D eigenvalue weighted by Crippen LogP contribution is 2.39. The molecule has 1 heterocycles. The number of ether oxygens (including phenoxy) is 2. The van der Waals surface area contributed by atoms with E-state index < -0.39 is 18.1 Å². The van der Waals surface area contributed by atoms with Crippen molar-refractivity contribution in [2.45, 2.75) is 31.9 Å². The van der Waals surface area contributed by atoms with Gasteiger partial charge in [0, 0.05) is 24.7 Å². The molecule has 7 heteroatoms. The van der Waals surface area contributed by atoms with E-state index in [1.54, 1.807) is 26.2 Å². The number of hydrogen-bond donors (Lipinski definition) is 1. The van der Waals surface area contributed by atoms with Crippen molar-refractivity contribution in [3.8, 4) is 5.75 Å². The van der Waals surface area contributed by atoms with Crippen LogP contribution < -0.4 is 10.1 Å². The Morgan fingerprint density at radius 1 is 1.35 bits per heavy atom. The summed E-state index contributed by atoms with van der Waals surface area (Å²) in [4.78, 5) is 25.7. The third kappa shape index (κ3) is 3.37. The molecule has 1 N–H and O–H groups in total. The second-order valence-electron chi connectivity index (χ2n) is 5.86. The zero-order valence-corrected chi connectivity index (χ0v) is 14.6. The first-order valence-corrected chi connectivity index (χ1v) is 7.66. The van der Waals surface area contributed by atoms with E-state index in [4.69, 9.17) is 21.1 Å². The Kier molecular flexibility index (Phi) is 5.04. The number of aryl methyl sites for hydroxylation is 1. The molecule has 1 aromatic rings. The second kappa shape index (κ2) is 6.66. The highest BCUT2D eigenvalue weighted by atomic mass is 35.5. The molecule has 0 spiro atoms. The van der Waals surface area contributed by atoms with Crippen LogP contribution in [-0.2, 0) is 9.53 Å². The topological polar surface area (TPSA) is 67.9 Å². The van der Waals surface area contributed by atoms with E-state index in [0.717, 1.165) is 5.56 Å². The molecule has 0 radical (unpaired) electrons. The van der Waals surface area contributed by atoms with Crippen LogP contribution in [0.15, 0.2) is 12.1 Å². The maximum atomic E-state index is 12.4. The van der Waals surface area contributed by atoms with Crippen molar-refractivity contribution in [1.82, 2.24) is 10.2 Å². The van der Waals surface area contributed by atoms with Gasteiger partial charge in [-0.25, -0.2) is 4.79 Å². The molecule has 6 nitrogen and oxygen atoms in total. The number of hydrogen-bond acceptors (Lipinski definition) is 4. The lowest BCUT2D eigenvalue weighted by Crippen LogP contribution is -2.36. The van der Waals surface area contributed by atoms with Crippen LogP contribution in [0.5, 0.6) is 5.75 Å². The van der Waals surface area contributed by atoms with E-state index >= 15 is 0 Å². The number of carbonyl (C=O) groups is 2. The van der Waals surface area contributed by atoms with Crippen LogP contribution >= 0.6 is 11.6 Å². The van der Waals surface area contributed by atoms with E-state index in [0.29, 0.717) is 16.3 Å². The van der Waals surface area contributed by atoms with Gasteiger partial charge in [-0.1, -0.05) is 11.6 Å². The summed E-state index contributed by atoms with van der Waals surface area (Å²) in [6.45, 7) is 3.66. The molecule has 1 fully saturated rings. The van der Waals surface area contributed by atoms with Crippen molar-refractivity contribution in [3.63, 3.8) is 0 Å². The molecule has 0 aliphatic carbocycles. The normalized spacial score (nSPS) is 23.4.